The Bertz CT molecular complexity index is 582. The predicted molar refractivity (Wildman–Crippen MR) is 79.1 cm³/mol. The summed E-state index contributed by atoms with van der Waals surface area (Å²) in [5.41, 5.74) is 4.56. The normalized spacial score (nSPS) is 10.8. The summed E-state index contributed by atoms with van der Waals surface area (Å²) in [6.07, 6.45) is 1.66. The third-order valence-corrected chi connectivity index (χ3v) is 3.15. The van der Waals surface area contributed by atoms with Gasteiger partial charge in [0.2, 0.25) is 0 Å². The predicted octanol–water partition coefficient (Wildman–Crippen LogP) is 5.09. The maximum Gasteiger partial charge on any atom is 0.0598 e. The van der Waals surface area contributed by atoms with Gasteiger partial charge < -0.3 is 0 Å². The minimum absolute atomic E-state index is 0.503. The second-order valence-electron chi connectivity index (χ2n) is 3.55. The van der Waals surface area contributed by atoms with Gasteiger partial charge in [-0.25, -0.2) is 0 Å². The number of rotatable bonds is 3. The topological polar surface area (TPSA) is 24.4 Å². The Balaban J connectivity index is 2.05. The van der Waals surface area contributed by atoms with Crippen molar-refractivity contribution in [3.05, 3.63) is 63.1 Å². The number of nitrogens with zero attached hydrogens (tertiary/aromatic N) is 1. The van der Waals surface area contributed by atoms with Crippen LogP contribution >= 0.6 is 34.8 Å². The number of anilines is 1. The maximum absolute atomic E-state index is 5.90. The summed E-state index contributed by atoms with van der Waals surface area (Å²) in [5.74, 6) is 0. The first-order valence-corrected chi connectivity index (χ1v) is 6.28. The van der Waals surface area contributed by atoms with E-state index in [4.69, 9.17) is 34.8 Å². The summed E-state index contributed by atoms with van der Waals surface area (Å²) in [6, 6.07) is 12.6. The highest BCUT2D eigenvalue weighted by molar-refractivity contribution is 6.42. The quantitative estimate of drug-likeness (QED) is 0.619. The summed E-state index contributed by atoms with van der Waals surface area (Å²) >= 11 is 17.6. The smallest absolute Gasteiger partial charge is 0.0598 e. The first kappa shape index (κ1) is 13.2. The van der Waals surface area contributed by atoms with Gasteiger partial charge in [-0.3, -0.25) is 5.43 Å². The van der Waals surface area contributed by atoms with Gasteiger partial charge in [0.15, 0.2) is 0 Å². The molecule has 0 fully saturated rings. The van der Waals surface area contributed by atoms with Crippen LogP contribution in [0.15, 0.2) is 47.6 Å². The van der Waals surface area contributed by atoms with Crippen molar-refractivity contribution in [1.29, 1.82) is 0 Å². The molecule has 0 saturated heterocycles. The van der Waals surface area contributed by atoms with Crippen molar-refractivity contribution in [3.63, 3.8) is 0 Å². The van der Waals surface area contributed by atoms with Crippen LogP contribution in [-0.2, 0) is 0 Å². The fraction of sp³-hybridized carbons (Fsp3) is 0. The average molecular weight is 300 g/mol. The van der Waals surface area contributed by atoms with Crippen LogP contribution in [0.5, 0.6) is 0 Å². The van der Waals surface area contributed by atoms with Gasteiger partial charge in [0.1, 0.15) is 0 Å². The Morgan fingerprint density at radius 1 is 0.944 bits per heavy atom. The monoisotopic (exact) mass is 298 g/mol. The Morgan fingerprint density at radius 2 is 1.78 bits per heavy atom. The molecule has 0 aliphatic heterocycles. The van der Waals surface area contributed by atoms with Gasteiger partial charge in [-0.15, -0.1) is 0 Å². The second-order valence-corrected chi connectivity index (χ2v) is 4.80. The Hall–Kier alpha value is -1.22. The molecule has 0 amide bonds. The third kappa shape index (κ3) is 3.64. The van der Waals surface area contributed by atoms with Crippen LogP contribution in [0.2, 0.25) is 15.1 Å². The van der Waals surface area contributed by atoms with Crippen LogP contribution in [-0.4, -0.2) is 6.21 Å². The summed E-state index contributed by atoms with van der Waals surface area (Å²) < 4.78 is 0. The molecule has 0 aliphatic carbocycles. The van der Waals surface area contributed by atoms with Crippen LogP contribution in [0.3, 0.4) is 0 Å². The molecule has 0 atom stereocenters. The van der Waals surface area contributed by atoms with Gasteiger partial charge >= 0.3 is 0 Å². The lowest BCUT2D eigenvalue weighted by atomic mass is 10.2. The molecule has 5 heteroatoms. The van der Waals surface area contributed by atoms with Gasteiger partial charge in [0.25, 0.3) is 0 Å². The van der Waals surface area contributed by atoms with Crippen LogP contribution in [0.4, 0.5) is 5.69 Å². The molecular formula is C13H9Cl3N2. The van der Waals surface area contributed by atoms with Crippen LogP contribution in [0.1, 0.15) is 5.56 Å². The van der Waals surface area contributed by atoms with Crippen molar-refractivity contribution in [2.45, 2.75) is 0 Å². The average Bonchev–Trinajstić information content (AvgIpc) is 2.34. The van der Waals surface area contributed by atoms with E-state index < -0.39 is 0 Å². The number of hydrogen-bond donors (Lipinski definition) is 1. The van der Waals surface area contributed by atoms with Crippen molar-refractivity contribution in [3.8, 4) is 0 Å². The first-order valence-electron chi connectivity index (χ1n) is 5.15. The maximum atomic E-state index is 5.90. The molecule has 0 radical (unpaired) electrons. The summed E-state index contributed by atoms with van der Waals surface area (Å²) in [4.78, 5) is 0. The van der Waals surface area contributed by atoms with Crippen molar-refractivity contribution >= 4 is 46.7 Å². The van der Waals surface area contributed by atoms with E-state index in [0.717, 1.165) is 11.3 Å². The summed E-state index contributed by atoms with van der Waals surface area (Å²) in [7, 11) is 0. The molecule has 2 aromatic rings. The highest BCUT2D eigenvalue weighted by Crippen LogP contribution is 2.21. The zero-order valence-electron chi connectivity index (χ0n) is 9.20. The Kier molecular flexibility index (Phi) is 4.48. The molecule has 0 bridgehead atoms. The highest BCUT2D eigenvalue weighted by Gasteiger charge is 1.97. The van der Waals surface area contributed by atoms with E-state index in [2.05, 4.69) is 10.5 Å². The number of benzene rings is 2. The van der Waals surface area contributed by atoms with Gasteiger partial charge in [0.05, 0.1) is 21.9 Å². The molecule has 0 unspecified atom stereocenters. The number of nitrogens with one attached hydrogen (secondary N) is 1. The largest absolute Gasteiger partial charge is 0.278 e. The Labute approximate surface area is 120 Å². The summed E-state index contributed by atoms with van der Waals surface area (Å²) in [6.45, 7) is 0. The van der Waals surface area contributed by atoms with E-state index in [1.54, 1.807) is 30.5 Å². The zero-order chi connectivity index (χ0) is 13.0. The lowest BCUT2D eigenvalue weighted by molar-refractivity contribution is 1.35. The van der Waals surface area contributed by atoms with Crippen molar-refractivity contribution in [2.75, 3.05) is 5.43 Å². The lowest BCUT2D eigenvalue weighted by Crippen LogP contribution is -1.90. The van der Waals surface area contributed by atoms with E-state index in [9.17, 15) is 0 Å². The van der Waals surface area contributed by atoms with E-state index in [1.165, 1.54) is 0 Å². The minimum atomic E-state index is 0.503. The SMILES string of the molecule is Clc1cccc(N/N=C/c2ccc(Cl)c(Cl)c2)c1. The van der Waals surface area contributed by atoms with Gasteiger partial charge in [-0.05, 0) is 35.9 Å². The standard InChI is InChI=1S/C13H9Cl3N2/c14-10-2-1-3-11(7-10)18-17-8-9-4-5-12(15)13(16)6-9/h1-8,18H/b17-8+. The molecule has 0 saturated carbocycles. The Morgan fingerprint density at radius 3 is 2.50 bits per heavy atom. The van der Waals surface area contributed by atoms with E-state index >= 15 is 0 Å². The molecule has 92 valence electrons. The summed E-state index contributed by atoms with van der Waals surface area (Å²) in [5, 5.41) is 5.77. The van der Waals surface area contributed by atoms with E-state index in [-0.39, 0.29) is 0 Å². The zero-order valence-corrected chi connectivity index (χ0v) is 11.5. The molecule has 0 aliphatic rings. The van der Waals surface area contributed by atoms with Crippen molar-refractivity contribution in [1.82, 2.24) is 0 Å². The molecule has 2 aromatic carbocycles. The molecule has 0 heterocycles. The van der Waals surface area contributed by atoms with Crippen LogP contribution < -0.4 is 5.43 Å². The third-order valence-electron chi connectivity index (χ3n) is 2.18. The lowest BCUT2D eigenvalue weighted by Gasteiger charge is -2.00. The van der Waals surface area contributed by atoms with Crippen LogP contribution in [0.25, 0.3) is 0 Å². The van der Waals surface area contributed by atoms with Gasteiger partial charge in [-0.1, -0.05) is 46.9 Å². The highest BCUT2D eigenvalue weighted by atomic mass is 35.5. The first-order chi connectivity index (χ1) is 8.65. The molecule has 1 N–H and O–H groups in total. The van der Waals surface area contributed by atoms with Crippen molar-refractivity contribution in [2.24, 2.45) is 5.10 Å². The number of hydrazone groups is 1. The fourth-order valence-corrected chi connectivity index (χ4v) is 1.83. The van der Waals surface area contributed by atoms with Gasteiger partial charge in [0, 0.05) is 5.02 Å². The molecule has 2 rings (SSSR count). The van der Waals surface area contributed by atoms with E-state index in [1.807, 2.05) is 18.2 Å². The van der Waals surface area contributed by atoms with E-state index in [0.29, 0.717) is 15.1 Å². The number of hydrogen-bond acceptors (Lipinski definition) is 2. The molecule has 18 heavy (non-hydrogen) atoms. The molecule has 0 spiro atoms. The molecule has 2 nitrogen and oxygen atoms in total. The van der Waals surface area contributed by atoms with Crippen LogP contribution in [0, 0.1) is 0 Å². The van der Waals surface area contributed by atoms with Gasteiger partial charge in [-0.2, -0.15) is 5.10 Å². The van der Waals surface area contributed by atoms with Crippen molar-refractivity contribution < 1.29 is 0 Å². The molecule has 0 aromatic heterocycles. The minimum Gasteiger partial charge on any atom is -0.278 e. The fourth-order valence-electron chi connectivity index (χ4n) is 1.33. The molecular weight excluding hydrogens is 291 g/mol. The number of halogens is 3. The second kappa shape index (κ2) is 6.10.